The van der Waals surface area contributed by atoms with E-state index in [0.29, 0.717) is 16.2 Å². The molecule has 0 N–H and O–H groups in total. The third-order valence-corrected chi connectivity index (χ3v) is 1.80. The SMILES string of the molecule is O=Cc1sncc1Cl. The molecule has 0 spiro atoms. The Morgan fingerprint density at radius 2 is 2.62 bits per heavy atom. The van der Waals surface area contributed by atoms with E-state index < -0.39 is 0 Å². The van der Waals surface area contributed by atoms with Crippen LogP contribution in [0.25, 0.3) is 0 Å². The van der Waals surface area contributed by atoms with Crippen LogP contribution in [0.1, 0.15) is 9.67 Å². The summed E-state index contributed by atoms with van der Waals surface area (Å²) in [5, 5.41) is 0.435. The second kappa shape index (κ2) is 2.24. The highest BCUT2D eigenvalue weighted by molar-refractivity contribution is 7.08. The number of carbonyl (C=O) groups is 1. The summed E-state index contributed by atoms with van der Waals surface area (Å²) < 4.78 is 3.67. The quantitative estimate of drug-likeness (QED) is 0.565. The minimum absolute atomic E-state index is 0.435. The molecule has 2 nitrogen and oxygen atoms in total. The molecule has 0 aromatic carbocycles. The predicted molar refractivity (Wildman–Crippen MR) is 32.5 cm³/mol. The molecule has 1 aromatic heterocycles. The second-order valence-electron chi connectivity index (χ2n) is 1.16. The number of rotatable bonds is 1. The fourth-order valence-corrected chi connectivity index (χ4v) is 1.02. The zero-order valence-electron chi connectivity index (χ0n) is 3.80. The van der Waals surface area contributed by atoms with Gasteiger partial charge >= 0.3 is 0 Å². The Labute approximate surface area is 55.3 Å². The van der Waals surface area contributed by atoms with Crippen molar-refractivity contribution >= 4 is 29.4 Å². The molecule has 1 heterocycles. The molecule has 1 rings (SSSR count). The van der Waals surface area contributed by atoms with Crippen molar-refractivity contribution in [2.75, 3.05) is 0 Å². The monoisotopic (exact) mass is 147 g/mol. The van der Waals surface area contributed by atoms with E-state index >= 15 is 0 Å². The van der Waals surface area contributed by atoms with Gasteiger partial charge in [0.05, 0.1) is 11.2 Å². The first-order chi connectivity index (χ1) is 3.84. The lowest BCUT2D eigenvalue weighted by atomic mass is 10.5. The summed E-state index contributed by atoms with van der Waals surface area (Å²) in [6.07, 6.45) is 2.15. The van der Waals surface area contributed by atoms with Crippen molar-refractivity contribution in [1.82, 2.24) is 4.37 Å². The molecule has 0 bridgehead atoms. The third-order valence-electron chi connectivity index (χ3n) is 0.660. The second-order valence-corrected chi connectivity index (χ2v) is 2.40. The van der Waals surface area contributed by atoms with Crippen LogP contribution >= 0.6 is 23.1 Å². The smallest absolute Gasteiger partial charge is 0.163 e. The molecule has 0 atom stereocenters. The van der Waals surface area contributed by atoms with Gasteiger partial charge in [0.1, 0.15) is 4.88 Å². The molecule has 0 amide bonds. The van der Waals surface area contributed by atoms with Crippen LogP contribution in [0.15, 0.2) is 6.20 Å². The minimum Gasteiger partial charge on any atom is -0.297 e. The number of carbonyl (C=O) groups excluding carboxylic acids is 1. The van der Waals surface area contributed by atoms with Crippen molar-refractivity contribution in [2.24, 2.45) is 0 Å². The molecule has 0 fully saturated rings. The van der Waals surface area contributed by atoms with Gasteiger partial charge in [-0.3, -0.25) is 4.79 Å². The van der Waals surface area contributed by atoms with Gasteiger partial charge < -0.3 is 0 Å². The van der Waals surface area contributed by atoms with Gasteiger partial charge in [-0.1, -0.05) is 11.6 Å². The van der Waals surface area contributed by atoms with E-state index in [0.717, 1.165) is 11.5 Å². The molecule has 0 aliphatic carbocycles. The molecule has 0 aliphatic heterocycles. The van der Waals surface area contributed by atoms with Crippen molar-refractivity contribution in [2.45, 2.75) is 0 Å². The van der Waals surface area contributed by atoms with Crippen LogP contribution in [0.2, 0.25) is 5.02 Å². The van der Waals surface area contributed by atoms with Gasteiger partial charge in [0, 0.05) is 0 Å². The Bertz CT molecular complexity index is 198. The summed E-state index contributed by atoms with van der Waals surface area (Å²) in [5.41, 5.74) is 0. The van der Waals surface area contributed by atoms with Crippen molar-refractivity contribution in [1.29, 1.82) is 0 Å². The van der Waals surface area contributed by atoms with Gasteiger partial charge in [-0.25, -0.2) is 0 Å². The molecular weight excluding hydrogens is 146 g/mol. The molecule has 0 aliphatic rings. The maximum atomic E-state index is 9.97. The molecule has 0 radical (unpaired) electrons. The average Bonchev–Trinajstić information content (AvgIpc) is 2.14. The Balaban J connectivity index is 3.09. The maximum absolute atomic E-state index is 9.97. The van der Waals surface area contributed by atoms with E-state index in [1.165, 1.54) is 6.20 Å². The van der Waals surface area contributed by atoms with Crippen molar-refractivity contribution in [3.63, 3.8) is 0 Å². The number of nitrogens with zero attached hydrogens (tertiary/aromatic N) is 1. The fourth-order valence-electron chi connectivity index (χ4n) is 0.314. The van der Waals surface area contributed by atoms with Crippen LogP contribution in [0.4, 0.5) is 0 Å². The molecule has 0 saturated carbocycles. The van der Waals surface area contributed by atoms with Crippen LogP contribution in [-0.2, 0) is 0 Å². The molecule has 0 unspecified atom stereocenters. The van der Waals surface area contributed by atoms with Gasteiger partial charge in [0.25, 0.3) is 0 Å². The summed E-state index contributed by atoms with van der Waals surface area (Å²) >= 11 is 6.56. The Morgan fingerprint density at radius 1 is 1.88 bits per heavy atom. The fraction of sp³-hybridized carbons (Fsp3) is 0. The Morgan fingerprint density at radius 3 is 2.88 bits per heavy atom. The van der Waals surface area contributed by atoms with Gasteiger partial charge in [0.15, 0.2) is 6.29 Å². The molecular formula is C4H2ClNOS. The van der Waals surface area contributed by atoms with Crippen LogP contribution in [-0.4, -0.2) is 10.7 Å². The summed E-state index contributed by atoms with van der Waals surface area (Å²) in [7, 11) is 0. The van der Waals surface area contributed by atoms with Crippen LogP contribution in [0, 0.1) is 0 Å². The summed E-state index contributed by atoms with van der Waals surface area (Å²) in [6.45, 7) is 0. The van der Waals surface area contributed by atoms with Crippen molar-refractivity contribution in [3.05, 3.63) is 16.1 Å². The Hall–Kier alpha value is -0.410. The molecule has 8 heavy (non-hydrogen) atoms. The number of aromatic nitrogens is 1. The lowest BCUT2D eigenvalue weighted by Gasteiger charge is -1.73. The molecule has 42 valence electrons. The molecule has 4 heteroatoms. The zero-order chi connectivity index (χ0) is 5.98. The summed E-state index contributed by atoms with van der Waals surface area (Å²) in [5.74, 6) is 0. The highest BCUT2D eigenvalue weighted by atomic mass is 35.5. The largest absolute Gasteiger partial charge is 0.297 e. The first kappa shape index (κ1) is 5.72. The lowest BCUT2D eigenvalue weighted by Crippen LogP contribution is -1.66. The average molecular weight is 148 g/mol. The minimum atomic E-state index is 0.435. The predicted octanol–water partition coefficient (Wildman–Crippen LogP) is 1.61. The molecule has 0 saturated heterocycles. The van der Waals surface area contributed by atoms with E-state index in [1.54, 1.807) is 0 Å². The maximum Gasteiger partial charge on any atom is 0.163 e. The third kappa shape index (κ3) is 0.877. The summed E-state index contributed by atoms with van der Waals surface area (Å²) in [6, 6.07) is 0. The van der Waals surface area contributed by atoms with Crippen LogP contribution in [0.3, 0.4) is 0 Å². The molecule has 1 aromatic rings. The van der Waals surface area contributed by atoms with Crippen molar-refractivity contribution < 1.29 is 4.79 Å². The highest BCUT2D eigenvalue weighted by Gasteiger charge is 1.97. The summed E-state index contributed by atoms with van der Waals surface area (Å²) in [4.78, 5) is 10.5. The van der Waals surface area contributed by atoms with Gasteiger partial charge in [-0.2, -0.15) is 4.37 Å². The first-order valence-corrected chi connectivity index (χ1v) is 3.05. The van der Waals surface area contributed by atoms with Gasteiger partial charge in [-0.15, -0.1) is 0 Å². The lowest BCUT2D eigenvalue weighted by molar-refractivity contribution is 0.112. The number of halogens is 1. The van der Waals surface area contributed by atoms with E-state index in [4.69, 9.17) is 11.6 Å². The van der Waals surface area contributed by atoms with Crippen molar-refractivity contribution in [3.8, 4) is 0 Å². The Kier molecular flexibility index (Phi) is 1.60. The highest BCUT2D eigenvalue weighted by Crippen LogP contribution is 2.15. The van der Waals surface area contributed by atoms with Gasteiger partial charge in [-0.05, 0) is 11.5 Å². The normalized spacial score (nSPS) is 9.12. The number of hydrogen-bond donors (Lipinski definition) is 0. The standard InChI is InChI=1S/C4H2ClNOS/c5-3-1-6-8-4(3)2-7/h1-2H. The number of aldehydes is 1. The number of hydrogen-bond acceptors (Lipinski definition) is 3. The van der Waals surface area contributed by atoms with Gasteiger partial charge in [0.2, 0.25) is 0 Å². The van der Waals surface area contributed by atoms with E-state index in [-0.39, 0.29) is 0 Å². The first-order valence-electron chi connectivity index (χ1n) is 1.90. The van der Waals surface area contributed by atoms with E-state index in [1.807, 2.05) is 0 Å². The van der Waals surface area contributed by atoms with Crippen LogP contribution < -0.4 is 0 Å². The topological polar surface area (TPSA) is 30.0 Å². The van der Waals surface area contributed by atoms with E-state index in [2.05, 4.69) is 4.37 Å². The van der Waals surface area contributed by atoms with E-state index in [9.17, 15) is 4.79 Å². The van der Waals surface area contributed by atoms with Crippen LogP contribution in [0.5, 0.6) is 0 Å². The zero-order valence-corrected chi connectivity index (χ0v) is 5.37.